The van der Waals surface area contributed by atoms with Crippen molar-refractivity contribution >= 4 is 17.3 Å². The van der Waals surface area contributed by atoms with Crippen molar-refractivity contribution in [3.05, 3.63) is 64.7 Å². The molecule has 2 aromatic carbocycles. The lowest BCUT2D eigenvalue weighted by molar-refractivity contribution is 0.178. The monoisotopic (exact) mass is 275 g/mol. The Bertz CT molecular complexity index is 554. The Kier molecular flexibility index (Phi) is 4.46. The molecule has 0 amide bonds. The van der Waals surface area contributed by atoms with E-state index < -0.39 is 6.10 Å². The molecule has 1 unspecified atom stereocenters. The van der Waals surface area contributed by atoms with Crippen molar-refractivity contribution in [2.24, 2.45) is 0 Å². The summed E-state index contributed by atoms with van der Waals surface area (Å²) in [6.07, 6.45) is -0.0175. The molecule has 2 aromatic rings. The second-order valence-electron chi connectivity index (χ2n) is 4.80. The average Bonchev–Trinajstić information content (AvgIpc) is 2.41. The van der Waals surface area contributed by atoms with Crippen LogP contribution in [0.1, 0.15) is 17.2 Å². The number of nitrogens with zero attached hydrogens (tertiary/aromatic N) is 1. The van der Waals surface area contributed by atoms with E-state index in [-0.39, 0.29) is 0 Å². The number of hydrogen-bond acceptors (Lipinski definition) is 2. The van der Waals surface area contributed by atoms with Crippen LogP contribution in [-0.2, 0) is 6.42 Å². The SMILES string of the molecule is CN(C)c1cccc(C(O)Cc2ccccc2Cl)c1. The van der Waals surface area contributed by atoms with E-state index in [2.05, 4.69) is 0 Å². The van der Waals surface area contributed by atoms with Crippen LogP contribution in [0, 0.1) is 0 Å². The van der Waals surface area contributed by atoms with Crippen LogP contribution in [0.15, 0.2) is 48.5 Å². The summed E-state index contributed by atoms with van der Waals surface area (Å²) >= 11 is 6.12. The molecule has 0 aliphatic rings. The van der Waals surface area contributed by atoms with Crippen molar-refractivity contribution in [3.63, 3.8) is 0 Å². The Morgan fingerprint density at radius 2 is 1.84 bits per heavy atom. The normalized spacial score (nSPS) is 12.2. The van der Waals surface area contributed by atoms with E-state index in [1.54, 1.807) is 0 Å². The third-order valence-electron chi connectivity index (χ3n) is 3.14. The molecule has 0 aromatic heterocycles. The molecule has 0 fully saturated rings. The van der Waals surface area contributed by atoms with Gasteiger partial charge in [0.25, 0.3) is 0 Å². The van der Waals surface area contributed by atoms with Crippen molar-refractivity contribution in [2.45, 2.75) is 12.5 Å². The lowest BCUT2D eigenvalue weighted by Crippen LogP contribution is -2.10. The van der Waals surface area contributed by atoms with Crippen LogP contribution in [0.5, 0.6) is 0 Å². The maximum Gasteiger partial charge on any atom is 0.0831 e. The highest BCUT2D eigenvalue weighted by atomic mass is 35.5. The summed E-state index contributed by atoms with van der Waals surface area (Å²) in [6.45, 7) is 0. The van der Waals surface area contributed by atoms with Gasteiger partial charge in [-0.1, -0.05) is 41.9 Å². The van der Waals surface area contributed by atoms with Crippen LogP contribution in [0.3, 0.4) is 0 Å². The van der Waals surface area contributed by atoms with Gasteiger partial charge in [0.2, 0.25) is 0 Å². The summed E-state index contributed by atoms with van der Waals surface area (Å²) in [6, 6.07) is 15.5. The lowest BCUT2D eigenvalue weighted by Gasteiger charge is -2.17. The van der Waals surface area contributed by atoms with Gasteiger partial charge in [0, 0.05) is 31.2 Å². The molecule has 2 rings (SSSR count). The molecule has 1 N–H and O–H groups in total. The first kappa shape index (κ1) is 13.9. The topological polar surface area (TPSA) is 23.5 Å². The minimum absolute atomic E-state index is 0.524. The molecular formula is C16H18ClNO. The van der Waals surface area contributed by atoms with Gasteiger partial charge in [0.05, 0.1) is 6.10 Å². The van der Waals surface area contributed by atoms with Gasteiger partial charge in [-0.25, -0.2) is 0 Å². The zero-order valence-electron chi connectivity index (χ0n) is 11.2. The van der Waals surface area contributed by atoms with Gasteiger partial charge < -0.3 is 10.0 Å². The molecule has 100 valence electrons. The minimum atomic E-state index is -0.542. The van der Waals surface area contributed by atoms with E-state index in [0.717, 1.165) is 16.8 Å². The number of aliphatic hydroxyl groups excluding tert-OH is 1. The van der Waals surface area contributed by atoms with E-state index in [9.17, 15) is 5.11 Å². The number of hydrogen-bond donors (Lipinski definition) is 1. The summed E-state index contributed by atoms with van der Waals surface area (Å²) in [7, 11) is 3.97. The van der Waals surface area contributed by atoms with Crippen LogP contribution in [-0.4, -0.2) is 19.2 Å². The highest BCUT2D eigenvalue weighted by Gasteiger charge is 2.11. The second-order valence-corrected chi connectivity index (χ2v) is 5.21. The molecule has 1 atom stereocenters. The van der Waals surface area contributed by atoms with Crippen LogP contribution in [0.2, 0.25) is 5.02 Å². The number of benzene rings is 2. The van der Waals surface area contributed by atoms with E-state index in [1.807, 2.05) is 67.5 Å². The summed E-state index contributed by atoms with van der Waals surface area (Å²) < 4.78 is 0. The molecule has 3 heteroatoms. The van der Waals surface area contributed by atoms with Gasteiger partial charge in [-0.2, -0.15) is 0 Å². The second kappa shape index (κ2) is 6.09. The van der Waals surface area contributed by atoms with Gasteiger partial charge in [-0.3, -0.25) is 0 Å². The lowest BCUT2D eigenvalue weighted by atomic mass is 10.0. The molecule has 19 heavy (non-hydrogen) atoms. The highest BCUT2D eigenvalue weighted by Crippen LogP contribution is 2.25. The fraction of sp³-hybridized carbons (Fsp3) is 0.250. The number of aliphatic hydroxyl groups is 1. The average molecular weight is 276 g/mol. The Balaban J connectivity index is 2.18. The molecule has 0 saturated carbocycles. The first-order valence-corrected chi connectivity index (χ1v) is 6.64. The summed E-state index contributed by atoms with van der Waals surface area (Å²) in [4.78, 5) is 2.02. The smallest absolute Gasteiger partial charge is 0.0831 e. The van der Waals surface area contributed by atoms with Gasteiger partial charge in [-0.15, -0.1) is 0 Å². The Morgan fingerprint density at radius 1 is 1.11 bits per heavy atom. The van der Waals surface area contributed by atoms with Crippen LogP contribution in [0.25, 0.3) is 0 Å². The molecule has 0 heterocycles. The highest BCUT2D eigenvalue weighted by molar-refractivity contribution is 6.31. The van der Waals surface area contributed by atoms with Crippen LogP contribution in [0.4, 0.5) is 5.69 Å². The molecule has 0 aliphatic carbocycles. The van der Waals surface area contributed by atoms with Crippen LogP contribution < -0.4 is 4.90 Å². The van der Waals surface area contributed by atoms with Gasteiger partial charge in [0.15, 0.2) is 0 Å². The van der Waals surface area contributed by atoms with Crippen molar-refractivity contribution in [1.82, 2.24) is 0 Å². The Hall–Kier alpha value is -1.51. The first-order valence-electron chi connectivity index (χ1n) is 6.26. The van der Waals surface area contributed by atoms with Crippen LogP contribution >= 0.6 is 11.6 Å². The molecule has 0 bridgehead atoms. The van der Waals surface area contributed by atoms with Crippen molar-refractivity contribution in [3.8, 4) is 0 Å². The Morgan fingerprint density at radius 3 is 2.53 bits per heavy atom. The summed E-state index contributed by atoms with van der Waals surface area (Å²) in [5.74, 6) is 0. The zero-order valence-corrected chi connectivity index (χ0v) is 11.9. The van der Waals surface area contributed by atoms with Crippen molar-refractivity contribution in [2.75, 3.05) is 19.0 Å². The maximum atomic E-state index is 10.3. The van der Waals surface area contributed by atoms with Crippen molar-refractivity contribution < 1.29 is 5.11 Å². The predicted molar refractivity (Wildman–Crippen MR) is 80.9 cm³/mol. The van der Waals surface area contributed by atoms with E-state index in [1.165, 1.54) is 0 Å². The predicted octanol–water partition coefficient (Wildman–Crippen LogP) is 3.68. The van der Waals surface area contributed by atoms with E-state index in [0.29, 0.717) is 11.4 Å². The Labute approximate surface area is 119 Å². The molecule has 0 radical (unpaired) electrons. The third kappa shape index (κ3) is 3.49. The largest absolute Gasteiger partial charge is 0.388 e. The molecule has 2 nitrogen and oxygen atoms in total. The molecule has 0 saturated heterocycles. The quantitative estimate of drug-likeness (QED) is 0.920. The van der Waals surface area contributed by atoms with E-state index >= 15 is 0 Å². The van der Waals surface area contributed by atoms with Gasteiger partial charge >= 0.3 is 0 Å². The first-order chi connectivity index (χ1) is 9.08. The standard InChI is InChI=1S/C16H18ClNO/c1-18(2)14-8-5-7-13(10-14)16(19)11-12-6-3-4-9-15(12)17/h3-10,16,19H,11H2,1-2H3. The maximum absolute atomic E-state index is 10.3. The molecular weight excluding hydrogens is 258 g/mol. The minimum Gasteiger partial charge on any atom is -0.388 e. The number of rotatable bonds is 4. The third-order valence-corrected chi connectivity index (χ3v) is 3.51. The number of halogens is 1. The summed E-state index contributed by atoms with van der Waals surface area (Å²) in [5.41, 5.74) is 2.95. The fourth-order valence-electron chi connectivity index (χ4n) is 2.00. The summed E-state index contributed by atoms with van der Waals surface area (Å²) in [5, 5.41) is 11.0. The zero-order chi connectivity index (χ0) is 13.8. The molecule has 0 aliphatic heterocycles. The van der Waals surface area contributed by atoms with Crippen molar-refractivity contribution in [1.29, 1.82) is 0 Å². The van der Waals surface area contributed by atoms with E-state index in [4.69, 9.17) is 11.6 Å². The van der Waals surface area contributed by atoms with Gasteiger partial charge in [0.1, 0.15) is 0 Å². The van der Waals surface area contributed by atoms with Gasteiger partial charge in [-0.05, 0) is 29.3 Å². The fourth-order valence-corrected chi connectivity index (χ4v) is 2.21. The molecule has 0 spiro atoms. The number of anilines is 1.